The van der Waals surface area contributed by atoms with Gasteiger partial charge in [-0.05, 0) is 32.1 Å². The Morgan fingerprint density at radius 1 is 1.44 bits per heavy atom. The van der Waals surface area contributed by atoms with Gasteiger partial charge in [0.2, 0.25) is 0 Å². The summed E-state index contributed by atoms with van der Waals surface area (Å²) in [6.45, 7) is 3.81. The first-order valence-electron chi connectivity index (χ1n) is 5.58. The number of rotatable bonds is 6. The molecule has 1 aromatic rings. The van der Waals surface area contributed by atoms with Crippen LogP contribution in [-0.2, 0) is 13.6 Å². The summed E-state index contributed by atoms with van der Waals surface area (Å²) in [5, 5.41) is 9.06. The van der Waals surface area contributed by atoms with E-state index in [1.807, 2.05) is 6.07 Å². The molecule has 1 rings (SSSR count). The summed E-state index contributed by atoms with van der Waals surface area (Å²) in [6.07, 6.45) is 3.01. The highest BCUT2D eigenvalue weighted by atomic mass is 31.2. The van der Waals surface area contributed by atoms with E-state index in [1.54, 1.807) is 38.2 Å². The summed E-state index contributed by atoms with van der Waals surface area (Å²) in [4.78, 5) is 4.04. The topological polar surface area (TPSA) is 72.2 Å². The molecule has 5 nitrogen and oxygen atoms in total. The zero-order chi connectivity index (χ0) is 13.4. The van der Waals surface area contributed by atoms with E-state index in [0.717, 1.165) is 0 Å². The second-order valence-electron chi connectivity index (χ2n) is 3.23. The van der Waals surface area contributed by atoms with Crippen LogP contribution >= 0.6 is 7.60 Å². The molecular weight excluding hydrogens is 251 g/mol. The number of hydrogen-bond acceptors (Lipinski definition) is 5. The van der Waals surface area contributed by atoms with Gasteiger partial charge in [-0.3, -0.25) is 9.55 Å². The van der Waals surface area contributed by atoms with E-state index in [-0.39, 0.29) is 18.5 Å². The average molecular weight is 266 g/mol. The molecule has 0 fully saturated rings. The molecule has 0 atom stereocenters. The van der Waals surface area contributed by atoms with Gasteiger partial charge in [0, 0.05) is 6.20 Å². The number of nitrogens with zero attached hydrogens (tertiary/aromatic N) is 2. The van der Waals surface area contributed by atoms with E-state index in [4.69, 9.17) is 14.3 Å². The summed E-state index contributed by atoms with van der Waals surface area (Å²) in [6, 6.07) is 7.11. The molecule has 0 spiro atoms. The quantitative estimate of drug-likeness (QED) is 0.584. The van der Waals surface area contributed by atoms with Gasteiger partial charge in [0.25, 0.3) is 0 Å². The monoisotopic (exact) mass is 266 g/mol. The fourth-order valence-corrected chi connectivity index (χ4v) is 2.74. The lowest BCUT2D eigenvalue weighted by atomic mass is 10.3. The van der Waals surface area contributed by atoms with Crippen molar-refractivity contribution in [3.05, 3.63) is 35.4 Å². The molecule has 0 saturated heterocycles. The van der Waals surface area contributed by atoms with Crippen LogP contribution in [0, 0.1) is 11.3 Å². The van der Waals surface area contributed by atoms with Crippen molar-refractivity contribution >= 4 is 13.7 Å². The molecule has 1 aromatic heterocycles. The number of pyridine rings is 1. The van der Waals surface area contributed by atoms with Gasteiger partial charge in [-0.1, -0.05) is 6.07 Å². The van der Waals surface area contributed by atoms with Crippen LogP contribution in [0.15, 0.2) is 29.7 Å². The second-order valence-corrected chi connectivity index (χ2v) is 5.22. The first-order chi connectivity index (χ1) is 8.66. The fraction of sp³-hybridized carbons (Fsp3) is 0.333. The maximum atomic E-state index is 12.4. The molecule has 96 valence electrons. The Kier molecular flexibility index (Phi) is 5.73. The Morgan fingerprint density at radius 2 is 2.11 bits per heavy atom. The van der Waals surface area contributed by atoms with Crippen LogP contribution in [0.4, 0.5) is 0 Å². The summed E-state index contributed by atoms with van der Waals surface area (Å²) < 4.78 is 22.6. The Hall–Kier alpha value is -1.47. The summed E-state index contributed by atoms with van der Waals surface area (Å²) >= 11 is 0. The van der Waals surface area contributed by atoms with Gasteiger partial charge < -0.3 is 9.05 Å². The van der Waals surface area contributed by atoms with E-state index in [2.05, 4.69) is 4.98 Å². The minimum absolute atomic E-state index is 0.0371. The molecule has 6 heteroatoms. The van der Waals surface area contributed by atoms with Crippen LogP contribution in [0.25, 0.3) is 6.08 Å². The van der Waals surface area contributed by atoms with Gasteiger partial charge >= 0.3 is 7.60 Å². The smallest absolute Gasteiger partial charge is 0.305 e. The van der Waals surface area contributed by atoms with Crippen molar-refractivity contribution in [2.75, 3.05) is 13.2 Å². The molecule has 0 amide bonds. The molecule has 0 aliphatic heterocycles. The van der Waals surface area contributed by atoms with Crippen molar-refractivity contribution in [2.24, 2.45) is 0 Å². The molecule has 0 bridgehead atoms. The van der Waals surface area contributed by atoms with Crippen molar-refractivity contribution < 1.29 is 13.6 Å². The van der Waals surface area contributed by atoms with Crippen molar-refractivity contribution in [1.29, 1.82) is 5.26 Å². The van der Waals surface area contributed by atoms with Crippen LogP contribution in [0.3, 0.4) is 0 Å². The lowest BCUT2D eigenvalue weighted by molar-refractivity contribution is 0.227. The van der Waals surface area contributed by atoms with E-state index in [1.165, 1.54) is 6.08 Å². The Bertz CT molecular complexity index is 484. The van der Waals surface area contributed by atoms with Crippen LogP contribution in [0.2, 0.25) is 0 Å². The summed E-state index contributed by atoms with van der Waals surface area (Å²) in [7, 11) is -3.53. The SMILES string of the molecule is CCOP(=O)(OCC)C(C#N)=Cc1ccccn1. The Labute approximate surface area is 107 Å². The third-order valence-corrected chi connectivity index (χ3v) is 4.00. The van der Waals surface area contributed by atoms with Crippen LogP contribution < -0.4 is 0 Å². The van der Waals surface area contributed by atoms with E-state index >= 15 is 0 Å². The molecule has 0 saturated carbocycles. The largest absolute Gasteiger partial charge is 0.371 e. The zero-order valence-corrected chi connectivity index (χ0v) is 11.3. The van der Waals surface area contributed by atoms with E-state index in [0.29, 0.717) is 5.69 Å². The third-order valence-electron chi connectivity index (χ3n) is 1.98. The first-order valence-corrected chi connectivity index (χ1v) is 7.13. The normalized spacial score (nSPS) is 12.2. The molecule has 0 N–H and O–H groups in total. The lowest BCUT2D eigenvalue weighted by Gasteiger charge is -2.15. The molecule has 0 unspecified atom stereocenters. The molecule has 0 aliphatic rings. The van der Waals surface area contributed by atoms with Crippen molar-refractivity contribution in [3.63, 3.8) is 0 Å². The van der Waals surface area contributed by atoms with Crippen molar-refractivity contribution in [2.45, 2.75) is 13.8 Å². The number of hydrogen-bond donors (Lipinski definition) is 0. The highest BCUT2D eigenvalue weighted by Crippen LogP contribution is 2.56. The standard InChI is InChI=1S/C12H15N2O3P/c1-3-16-18(15,17-4-2)12(10-13)9-11-7-5-6-8-14-11/h5-9H,3-4H2,1-2H3. The number of aromatic nitrogens is 1. The summed E-state index contributed by atoms with van der Waals surface area (Å²) in [5.41, 5.74) is 0.536. The molecule has 1 heterocycles. The second kappa shape index (κ2) is 7.07. The van der Waals surface area contributed by atoms with E-state index < -0.39 is 7.60 Å². The van der Waals surface area contributed by atoms with Gasteiger partial charge in [-0.25, -0.2) is 0 Å². The zero-order valence-electron chi connectivity index (χ0n) is 10.4. The predicted octanol–water partition coefficient (Wildman–Crippen LogP) is 3.21. The highest BCUT2D eigenvalue weighted by molar-refractivity contribution is 7.59. The maximum absolute atomic E-state index is 12.4. The molecule has 0 aromatic carbocycles. The molecule has 18 heavy (non-hydrogen) atoms. The predicted molar refractivity (Wildman–Crippen MR) is 68.7 cm³/mol. The Balaban J connectivity index is 3.12. The van der Waals surface area contributed by atoms with Crippen molar-refractivity contribution in [1.82, 2.24) is 4.98 Å². The van der Waals surface area contributed by atoms with Gasteiger partial charge in [0.1, 0.15) is 11.4 Å². The van der Waals surface area contributed by atoms with E-state index in [9.17, 15) is 4.57 Å². The highest BCUT2D eigenvalue weighted by Gasteiger charge is 2.29. The van der Waals surface area contributed by atoms with Crippen LogP contribution in [0.1, 0.15) is 19.5 Å². The van der Waals surface area contributed by atoms with Gasteiger partial charge in [-0.15, -0.1) is 0 Å². The Morgan fingerprint density at radius 3 is 2.56 bits per heavy atom. The van der Waals surface area contributed by atoms with Crippen LogP contribution in [0.5, 0.6) is 0 Å². The average Bonchev–Trinajstić information content (AvgIpc) is 2.37. The van der Waals surface area contributed by atoms with Gasteiger partial charge in [0.05, 0.1) is 18.9 Å². The third kappa shape index (κ3) is 3.78. The van der Waals surface area contributed by atoms with Crippen LogP contribution in [-0.4, -0.2) is 18.2 Å². The number of nitriles is 1. The minimum Gasteiger partial charge on any atom is -0.305 e. The molecule has 0 radical (unpaired) electrons. The first kappa shape index (κ1) is 14.6. The minimum atomic E-state index is -3.53. The van der Waals surface area contributed by atoms with Gasteiger partial charge in [-0.2, -0.15) is 5.26 Å². The van der Waals surface area contributed by atoms with Gasteiger partial charge in [0.15, 0.2) is 0 Å². The fourth-order valence-electron chi connectivity index (χ4n) is 1.29. The molecular formula is C12H15N2O3P. The van der Waals surface area contributed by atoms with Crippen molar-refractivity contribution in [3.8, 4) is 6.07 Å². The maximum Gasteiger partial charge on any atom is 0.371 e. The lowest BCUT2D eigenvalue weighted by Crippen LogP contribution is -1.98. The summed E-state index contributed by atoms with van der Waals surface area (Å²) in [5.74, 6) is 0. The molecule has 0 aliphatic carbocycles. The number of allylic oxidation sites excluding steroid dienone is 1.